The Morgan fingerprint density at radius 3 is 2.40 bits per heavy atom. The largest absolute Gasteiger partial charge is 0.332 e. The number of H-pyrrole nitrogens is 2. The van der Waals surface area contributed by atoms with E-state index in [-0.39, 0.29) is 5.52 Å². The Balaban J connectivity index is 2.33. The van der Waals surface area contributed by atoms with Crippen LogP contribution in [0.25, 0.3) is 22.6 Å². The zero-order valence-electron chi connectivity index (χ0n) is 10.2. The Bertz CT molecular complexity index is 919. The third kappa shape index (κ3) is 2.14. The number of nitrogens with zero attached hydrogens (tertiary/aromatic N) is 2. The molecule has 0 amide bonds. The summed E-state index contributed by atoms with van der Waals surface area (Å²) in [7, 11) is 1.56. The Hall–Kier alpha value is -1.67. The van der Waals surface area contributed by atoms with Crippen LogP contribution in [-0.2, 0) is 7.05 Å². The molecule has 0 saturated carbocycles. The minimum absolute atomic E-state index is 0.276. The van der Waals surface area contributed by atoms with Gasteiger partial charge in [0.25, 0.3) is 5.56 Å². The van der Waals surface area contributed by atoms with Crippen LogP contribution in [0.3, 0.4) is 0 Å². The van der Waals surface area contributed by atoms with Gasteiger partial charge in [0, 0.05) is 21.6 Å². The molecule has 0 aliphatic heterocycles. The maximum absolute atomic E-state index is 11.8. The van der Waals surface area contributed by atoms with Gasteiger partial charge in [-0.1, -0.05) is 31.9 Å². The summed E-state index contributed by atoms with van der Waals surface area (Å²) in [5.41, 5.74) is 0.434. The van der Waals surface area contributed by atoms with E-state index < -0.39 is 11.2 Å². The smallest absolute Gasteiger partial charge is 0.329 e. The van der Waals surface area contributed by atoms with Crippen LogP contribution in [0.2, 0.25) is 0 Å². The van der Waals surface area contributed by atoms with Crippen LogP contribution in [0.4, 0.5) is 0 Å². The molecule has 0 bridgehead atoms. The summed E-state index contributed by atoms with van der Waals surface area (Å²) in [6, 6.07) is 5.64. The van der Waals surface area contributed by atoms with Crippen molar-refractivity contribution in [1.29, 1.82) is 0 Å². The average molecular weight is 400 g/mol. The first-order valence-corrected chi connectivity index (χ1v) is 7.20. The highest BCUT2D eigenvalue weighted by Crippen LogP contribution is 2.26. The van der Waals surface area contributed by atoms with Crippen LogP contribution in [0.15, 0.2) is 36.7 Å². The van der Waals surface area contributed by atoms with Gasteiger partial charge >= 0.3 is 5.69 Å². The molecule has 6 nitrogen and oxygen atoms in total. The molecular formula is C12H8Br2N4O2. The van der Waals surface area contributed by atoms with E-state index >= 15 is 0 Å². The molecule has 0 aliphatic rings. The highest BCUT2D eigenvalue weighted by atomic mass is 79.9. The molecule has 1 aromatic carbocycles. The summed E-state index contributed by atoms with van der Waals surface area (Å²) in [4.78, 5) is 32.8. The number of nitrogens with one attached hydrogen (secondary N) is 2. The zero-order chi connectivity index (χ0) is 14.4. The van der Waals surface area contributed by atoms with Crippen molar-refractivity contribution >= 4 is 43.0 Å². The molecule has 0 unspecified atom stereocenters. The highest BCUT2D eigenvalue weighted by Gasteiger charge is 2.12. The fraction of sp³-hybridized carbons (Fsp3) is 0.0833. The second kappa shape index (κ2) is 4.71. The quantitative estimate of drug-likeness (QED) is 0.657. The minimum atomic E-state index is -0.490. The lowest BCUT2D eigenvalue weighted by molar-refractivity contribution is 0.832. The SMILES string of the molecule is Cn1c(=O)[nH]c(=O)c2[nH]c(-c3cc(Br)cc(Br)c3)nc21. The number of aromatic nitrogens is 4. The molecule has 102 valence electrons. The summed E-state index contributed by atoms with van der Waals surface area (Å²) in [6.07, 6.45) is 0. The van der Waals surface area contributed by atoms with Crippen LogP contribution in [-0.4, -0.2) is 19.5 Å². The van der Waals surface area contributed by atoms with Crippen LogP contribution in [0.1, 0.15) is 0 Å². The van der Waals surface area contributed by atoms with E-state index in [0.29, 0.717) is 11.5 Å². The van der Waals surface area contributed by atoms with Gasteiger partial charge in [-0.05, 0) is 18.2 Å². The van der Waals surface area contributed by atoms with Crippen LogP contribution in [0.5, 0.6) is 0 Å². The summed E-state index contributed by atoms with van der Waals surface area (Å²) in [6.45, 7) is 0. The predicted octanol–water partition coefficient (Wildman–Crippen LogP) is 2.14. The Kier molecular flexibility index (Phi) is 3.14. The number of rotatable bonds is 1. The van der Waals surface area contributed by atoms with E-state index in [1.165, 1.54) is 4.57 Å². The fourth-order valence-electron chi connectivity index (χ4n) is 1.93. The van der Waals surface area contributed by atoms with Gasteiger partial charge in [0.15, 0.2) is 5.65 Å². The first-order valence-electron chi connectivity index (χ1n) is 5.61. The molecule has 0 radical (unpaired) electrons. The molecule has 0 aliphatic carbocycles. The van der Waals surface area contributed by atoms with Gasteiger partial charge in [-0.15, -0.1) is 0 Å². The van der Waals surface area contributed by atoms with E-state index in [1.807, 2.05) is 18.2 Å². The number of aryl methyl sites for hydroxylation is 1. The van der Waals surface area contributed by atoms with Gasteiger partial charge in [-0.3, -0.25) is 14.3 Å². The van der Waals surface area contributed by atoms with Gasteiger partial charge in [0.2, 0.25) is 0 Å². The molecule has 3 rings (SSSR count). The third-order valence-corrected chi connectivity index (χ3v) is 3.81. The summed E-state index contributed by atoms with van der Waals surface area (Å²) >= 11 is 6.80. The number of benzene rings is 1. The van der Waals surface area contributed by atoms with Crippen molar-refractivity contribution in [2.75, 3.05) is 0 Å². The van der Waals surface area contributed by atoms with E-state index in [2.05, 4.69) is 46.8 Å². The minimum Gasteiger partial charge on any atom is -0.332 e. The van der Waals surface area contributed by atoms with E-state index in [0.717, 1.165) is 14.5 Å². The van der Waals surface area contributed by atoms with Gasteiger partial charge < -0.3 is 4.98 Å². The predicted molar refractivity (Wildman–Crippen MR) is 82.8 cm³/mol. The number of imidazole rings is 1. The third-order valence-electron chi connectivity index (χ3n) is 2.89. The molecule has 2 aromatic heterocycles. The number of aromatic amines is 2. The van der Waals surface area contributed by atoms with E-state index in [9.17, 15) is 9.59 Å². The van der Waals surface area contributed by atoms with E-state index in [1.54, 1.807) is 7.05 Å². The van der Waals surface area contributed by atoms with Gasteiger partial charge in [-0.25, -0.2) is 9.78 Å². The van der Waals surface area contributed by atoms with E-state index in [4.69, 9.17) is 0 Å². The monoisotopic (exact) mass is 398 g/mol. The lowest BCUT2D eigenvalue weighted by atomic mass is 10.2. The first-order chi connectivity index (χ1) is 9.45. The molecular weight excluding hydrogens is 392 g/mol. The Labute approximate surface area is 129 Å². The van der Waals surface area contributed by atoms with Crippen molar-refractivity contribution in [1.82, 2.24) is 19.5 Å². The van der Waals surface area contributed by atoms with Gasteiger partial charge in [0.1, 0.15) is 11.3 Å². The fourth-order valence-corrected chi connectivity index (χ4v) is 3.23. The maximum Gasteiger partial charge on any atom is 0.329 e. The topological polar surface area (TPSA) is 83.5 Å². The second-order valence-corrected chi connectivity index (χ2v) is 6.09. The molecule has 2 N–H and O–H groups in total. The van der Waals surface area contributed by atoms with Crippen molar-refractivity contribution < 1.29 is 0 Å². The molecule has 0 atom stereocenters. The summed E-state index contributed by atoms with van der Waals surface area (Å²) in [5.74, 6) is 0.522. The molecule has 2 heterocycles. The highest BCUT2D eigenvalue weighted by molar-refractivity contribution is 9.11. The van der Waals surface area contributed by atoms with Gasteiger partial charge in [0.05, 0.1) is 0 Å². The zero-order valence-corrected chi connectivity index (χ0v) is 13.4. The van der Waals surface area contributed by atoms with Crippen LogP contribution in [0, 0.1) is 0 Å². The average Bonchev–Trinajstić information content (AvgIpc) is 2.80. The lowest BCUT2D eigenvalue weighted by Gasteiger charge is -1.99. The standard InChI is InChI=1S/C12H8Br2N4O2/c1-18-10-8(11(19)17-12(18)20)15-9(16-10)5-2-6(13)4-7(14)3-5/h2-4H,1H3,(H,15,16)(H,17,19,20). The number of halogens is 2. The molecule has 0 fully saturated rings. The number of hydrogen-bond donors (Lipinski definition) is 2. The maximum atomic E-state index is 11.8. The molecule has 0 saturated heterocycles. The van der Waals surface area contributed by atoms with Crippen molar-refractivity contribution in [3.63, 3.8) is 0 Å². The Morgan fingerprint density at radius 1 is 1.10 bits per heavy atom. The van der Waals surface area contributed by atoms with Crippen molar-refractivity contribution in [3.05, 3.63) is 48.0 Å². The Morgan fingerprint density at radius 2 is 1.75 bits per heavy atom. The molecule has 8 heteroatoms. The van der Waals surface area contributed by atoms with Crippen LogP contribution < -0.4 is 11.2 Å². The number of hydrogen-bond acceptors (Lipinski definition) is 3. The summed E-state index contributed by atoms with van der Waals surface area (Å²) < 4.78 is 3.05. The lowest BCUT2D eigenvalue weighted by Crippen LogP contribution is -2.28. The normalized spacial score (nSPS) is 11.2. The van der Waals surface area contributed by atoms with Crippen molar-refractivity contribution in [2.24, 2.45) is 7.05 Å². The summed E-state index contributed by atoms with van der Waals surface area (Å²) in [5, 5.41) is 0. The molecule has 3 aromatic rings. The van der Waals surface area contributed by atoms with Crippen molar-refractivity contribution in [3.8, 4) is 11.4 Å². The molecule has 0 spiro atoms. The van der Waals surface area contributed by atoms with Crippen LogP contribution >= 0.6 is 31.9 Å². The van der Waals surface area contributed by atoms with Crippen molar-refractivity contribution in [2.45, 2.75) is 0 Å². The first kappa shape index (κ1) is 13.3. The molecule has 20 heavy (non-hydrogen) atoms. The van der Waals surface area contributed by atoms with Gasteiger partial charge in [-0.2, -0.15) is 0 Å². The number of fused-ring (bicyclic) bond motifs is 1. The second-order valence-electron chi connectivity index (χ2n) is 4.26.